The molecule has 0 aliphatic rings. The molecule has 2 N–H and O–H groups in total. The SMILES string of the molecule is CCC(C)N(ON)C(=O)OC(C)(C)C. The molecule has 0 heterocycles. The normalized spacial score (nSPS) is 13.6. The molecule has 84 valence electrons. The van der Waals surface area contributed by atoms with Crippen LogP contribution in [-0.4, -0.2) is 22.8 Å². The van der Waals surface area contributed by atoms with Gasteiger partial charge in [0.2, 0.25) is 0 Å². The van der Waals surface area contributed by atoms with Crippen molar-refractivity contribution in [3.8, 4) is 0 Å². The Morgan fingerprint density at radius 2 is 2.00 bits per heavy atom. The molecule has 1 atom stereocenters. The molecule has 0 fully saturated rings. The minimum atomic E-state index is -0.561. The second kappa shape index (κ2) is 5.17. The van der Waals surface area contributed by atoms with Gasteiger partial charge in [-0.3, -0.25) is 0 Å². The number of hydroxylamine groups is 2. The number of carbonyl (C=O) groups is 1. The first-order chi connectivity index (χ1) is 6.31. The second-order valence-electron chi connectivity index (χ2n) is 4.17. The molecule has 0 aromatic heterocycles. The van der Waals surface area contributed by atoms with E-state index in [-0.39, 0.29) is 6.04 Å². The third-order valence-corrected chi connectivity index (χ3v) is 1.68. The lowest BCUT2D eigenvalue weighted by Gasteiger charge is -2.28. The van der Waals surface area contributed by atoms with E-state index in [4.69, 9.17) is 10.6 Å². The van der Waals surface area contributed by atoms with E-state index in [0.717, 1.165) is 11.5 Å². The molecule has 5 nitrogen and oxygen atoms in total. The highest BCUT2D eigenvalue weighted by atomic mass is 16.8. The van der Waals surface area contributed by atoms with Gasteiger partial charge in [-0.15, -0.1) is 0 Å². The maximum absolute atomic E-state index is 11.5. The van der Waals surface area contributed by atoms with E-state index in [1.807, 2.05) is 13.8 Å². The number of rotatable bonds is 3. The molecule has 0 aliphatic carbocycles. The molecule has 5 heteroatoms. The van der Waals surface area contributed by atoms with E-state index >= 15 is 0 Å². The van der Waals surface area contributed by atoms with Crippen LogP contribution < -0.4 is 5.90 Å². The largest absolute Gasteiger partial charge is 0.442 e. The van der Waals surface area contributed by atoms with Gasteiger partial charge in [0.05, 0.1) is 6.04 Å². The Hall–Kier alpha value is -0.810. The zero-order chi connectivity index (χ0) is 11.4. The van der Waals surface area contributed by atoms with Crippen LogP contribution in [0, 0.1) is 0 Å². The number of ether oxygens (including phenoxy) is 1. The van der Waals surface area contributed by atoms with Crippen molar-refractivity contribution < 1.29 is 14.5 Å². The molecular formula is C9H20N2O3. The number of hydrogen-bond donors (Lipinski definition) is 1. The van der Waals surface area contributed by atoms with Crippen molar-refractivity contribution in [3.63, 3.8) is 0 Å². The minimum absolute atomic E-state index is 0.102. The minimum Gasteiger partial charge on any atom is -0.442 e. The van der Waals surface area contributed by atoms with E-state index in [1.165, 1.54) is 0 Å². The Morgan fingerprint density at radius 1 is 1.50 bits per heavy atom. The second-order valence-corrected chi connectivity index (χ2v) is 4.17. The summed E-state index contributed by atoms with van der Waals surface area (Å²) in [5, 5.41) is 1.03. The summed E-state index contributed by atoms with van der Waals surface area (Å²) in [7, 11) is 0. The smallest absolute Gasteiger partial charge is 0.436 e. The van der Waals surface area contributed by atoms with Gasteiger partial charge >= 0.3 is 6.09 Å². The van der Waals surface area contributed by atoms with Crippen LogP contribution in [0.1, 0.15) is 41.0 Å². The Morgan fingerprint density at radius 3 is 2.29 bits per heavy atom. The predicted molar refractivity (Wildman–Crippen MR) is 53.1 cm³/mol. The van der Waals surface area contributed by atoms with E-state index in [0.29, 0.717) is 0 Å². The molecular weight excluding hydrogens is 184 g/mol. The molecule has 14 heavy (non-hydrogen) atoms. The van der Waals surface area contributed by atoms with E-state index < -0.39 is 11.7 Å². The summed E-state index contributed by atoms with van der Waals surface area (Å²) in [6.07, 6.45) is 0.186. The molecule has 0 aliphatic heterocycles. The van der Waals surface area contributed by atoms with Crippen LogP contribution >= 0.6 is 0 Å². The first-order valence-electron chi connectivity index (χ1n) is 4.71. The van der Waals surface area contributed by atoms with E-state index in [2.05, 4.69) is 4.94 Å². The van der Waals surface area contributed by atoms with Crippen molar-refractivity contribution >= 4 is 6.09 Å². The fourth-order valence-corrected chi connectivity index (χ4v) is 0.800. The Bertz CT molecular complexity index is 189. The Labute approximate surface area is 85.1 Å². The van der Waals surface area contributed by atoms with Gasteiger partial charge in [0.1, 0.15) is 5.60 Å². The third-order valence-electron chi connectivity index (χ3n) is 1.68. The number of amides is 1. The van der Waals surface area contributed by atoms with Gasteiger partial charge in [-0.1, -0.05) is 6.92 Å². The summed E-state index contributed by atoms with van der Waals surface area (Å²) in [6, 6.07) is -0.102. The summed E-state index contributed by atoms with van der Waals surface area (Å²) in [4.78, 5) is 16.0. The van der Waals surface area contributed by atoms with Crippen molar-refractivity contribution in [2.45, 2.75) is 52.7 Å². The van der Waals surface area contributed by atoms with Crippen molar-refractivity contribution in [1.29, 1.82) is 0 Å². The van der Waals surface area contributed by atoms with Crippen LogP contribution in [-0.2, 0) is 9.68 Å². The van der Waals surface area contributed by atoms with Crippen LogP contribution in [0.25, 0.3) is 0 Å². The summed E-state index contributed by atoms with van der Waals surface area (Å²) in [5.41, 5.74) is -0.540. The molecule has 0 aromatic rings. The molecule has 0 bridgehead atoms. The first-order valence-corrected chi connectivity index (χ1v) is 4.71. The van der Waals surface area contributed by atoms with E-state index in [9.17, 15) is 4.79 Å². The Kier molecular flexibility index (Phi) is 4.87. The highest BCUT2D eigenvalue weighted by Crippen LogP contribution is 2.12. The lowest BCUT2D eigenvalue weighted by molar-refractivity contribution is -0.171. The van der Waals surface area contributed by atoms with Crippen molar-refractivity contribution in [2.24, 2.45) is 5.90 Å². The standard InChI is InChI=1S/C9H20N2O3/c1-6-7(2)11(14-10)8(12)13-9(3,4)5/h7H,6,10H2,1-5H3. The van der Waals surface area contributed by atoms with Gasteiger partial charge in [-0.25, -0.2) is 4.79 Å². The van der Waals surface area contributed by atoms with Crippen LogP contribution in [0.3, 0.4) is 0 Å². The fraction of sp³-hybridized carbons (Fsp3) is 0.889. The average Bonchev–Trinajstić information content (AvgIpc) is 2.01. The van der Waals surface area contributed by atoms with Crippen molar-refractivity contribution in [1.82, 2.24) is 5.06 Å². The molecule has 0 spiro atoms. The molecule has 0 aromatic carbocycles. The van der Waals surface area contributed by atoms with Crippen LogP contribution in [0.5, 0.6) is 0 Å². The number of hydrogen-bond acceptors (Lipinski definition) is 4. The number of nitrogens with two attached hydrogens (primary N) is 1. The molecule has 0 saturated carbocycles. The third kappa shape index (κ3) is 4.43. The zero-order valence-electron chi connectivity index (χ0n) is 9.53. The summed E-state index contributed by atoms with van der Waals surface area (Å²) in [5.74, 6) is 4.99. The van der Waals surface area contributed by atoms with Crippen LogP contribution in [0.4, 0.5) is 4.79 Å². The van der Waals surface area contributed by atoms with Crippen molar-refractivity contribution in [3.05, 3.63) is 0 Å². The monoisotopic (exact) mass is 204 g/mol. The summed E-state index contributed by atoms with van der Waals surface area (Å²) in [6.45, 7) is 9.13. The molecule has 1 unspecified atom stereocenters. The lowest BCUT2D eigenvalue weighted by Crippen LogP contribution is -2.43. The highest BCUT2D eigenvalue weighted by Gasteiger charge is 2.25. The molecule has 0 rings (SSSR count). The van der Waals surface area contributed by atoms with Crippen LogP contribution in [0.15, 0.2) is 0 Å². The number of carbonyl (C=O) groups excluding carboxylic acids is 1. The molecule has 0 radical (unpaired) electrons. The fourth-order valence-electron chi connectivity index (χ4n) is 0.800. The predicted octanol–water partition coefficient (Wildman–Crippen LogP) is 1.83. The van der Waals surface area contributed by atoms with E-state index in [1.54, 1.807) is 20.8 Å². The van der Waals surface area contributed by atoms with Gasteiger partial charge in [0.15, 0.2) is 0 Å². The van der Waals surface area contributed by atoms with Gasteiger partial charge in [-0.2, -0.15) is 15.9 Å². The molecule has 1 amide bonds. The van der Waals surface area contributed by atoms with Gasteiger partial charge in [0.25, 0.3) is 0 Å². The quantitative estimate of drug-likeness (QED) is 0.712. The van der Waals surface area contributed by atoms with Gasteiger partial charge in [0, 0.05) is 0 Å². The zero-order valence-corrected chi connectivity index (χ0v) is 9.53. The lowest BCUT2D eigenvalue weighted by atomic mass is 10.2. The maximum Gasteiger partial charge on any atom is 0.436 e. The van der Waals surface area contributed by atoms with Gasteiger partial charge < -0.3 is 4.74 Å². The van der Waals surface area contributed by atoms with Gasteiger partial charge in [-0.05, 0) is 34.1 Å². The maximum atomic E-state index is 11.5. The highest BCUT2D eigenvalue weighted by molar-refractivity contribution is 5.67. The average molecular weight is 204 g/mol. The van der Waals surface area contributed by atoms with Crippen molar-refractivity contribution in [2.75, 3.05) is 0 Å². The van der Waals surface area contributed by atoms with Crippen LogP contribution in [0.2, 0.25) is 0 Å². The first kappa shape index (κ1) is 13.2. The summed E-state index contributed by atoms with van der Waals surface area (Å²) < 4.78 is 5.10. The number of nitrogens with zero attached hydrogens (tertiary/aromatic N) is 1. The molecule has 0 saturated heterocycles. The summed E-state index contributed by atoms with van der Waals surface area (Å²) >= 11 is 0. The topological polar surface area (TPSA) is 64.8 Å². The Balaban J connectivity index is 4.33.